The summed E-state index contributed by atoms with van der Waals surface area (Å²) in [7, 11) is 2.04. The first kappa shape index (κ1) is 17.0. The van der Waals surface area contributed by atoms with Crippen LogP contribution in [-0.4, -0.2) is 40.9 Å². The molecule has 0 saturated carbocycles. The maximum Gasteiger partial charge on any atom is 0.0739 e. The Kier molecular flexibility index (Phi) is 6.26. The number of piperidine rings is 1. The lowest BCUT2D eigenvalue weighted by atomic mass is 9.96. The predicted molar refractivity (Wildman–Crippen MR) is 91.4 cm³/mol. The van der Waals surface area contributed by atoms with E-state index in [9.17, 15) is 0 Å². The monoisotopic (exact) mass is 356 g/mol. The zero-order valence-electron chi connectivity index (χ0n) is 13.8. The number of aromatic nitrogens is 2. The fourth-order valence-electron chi connectivity index (χ4n) is 2.99. The Morgan fingerprint density at radius 3 is 2.52 bits per heavy atom. The van der Waals surface area contributed by atoms with Gasteiger partial charge in [-0.05, 0) is 73.7 Å². The van der Waals surface area contributed by atoms with Crippen LogP contribution >= 0.6 is 15.9 Å². The molecule has 4 nitrogen and oxygen atoms in total. The average molecular weight is 357 g/mol. The lowest BCUT2D eigenvalue weighted by Crippen LogP contribution is -2.37. The normalized spacial score (nSPS) is 17.8. The van der Waals surface area contributed by atoms with Gasteiger partial charge >= 0.3 is 0 Å². The molecule has 0 spiro atoms. The number of rotatable bonds is 6. The van der Waals surface area contributed by atoms with Crippen LogP contribution in [0.25, 0.3) is 0 Å². The van der Waals surface area contributed by atoms with Crippen LogP contribution in [0.5, 0.6) is 0 Å². The molecule has 0 unspecified atom stereocenters. The van der Waals surface area contributed by atoms with Crippen LogP contribution in [0.4, 0.5) is 0 Å². The van der Waals surface area contributed by atoms with Gasteiger partial charge in [-0.25, -0.2) is 0 Å². The summed E-state index contributed by atoms with van der Waals surface area (Å²) in [6.45, 7) is 12.3. The summed E-state index contributed by atoms with van der Waals surface area (Å²) in [5.74, 6) is 1.59. The molecule has 0 aromatic carbocycles. The van der Waals surface area contributed by atoms with Gasteiger partial charge < -0.3 is 5.32 Å². The molecule has 1 saturated heterocycles. The second kappa shape index (κ2) is 7.75. The molecule has 0 radical (unpaired) electrons. The zero-order valence-corrected chi connectivity index (χ0v) is 15.4. The highest BCUT2D eigenvalue weighted by Gasteiger charge is 2.21. The maximum atomic E-state index is 4.48. The molecule has 0 atom stereocenters. The average Bonchev–Trinajstić information content (AvgIpc) is 2.67. The molecule has 1 N–H and O–H groups in total. The number of likely N-dealkylation sites (tertiary alicyclic amines) is 1. The van der Waals surface area contributed by atoms with E-state index < -0.39 is 0 Å². The lowest BCUT2D eigenvalue weighted by Gasteiger charge is -2.32. The molecule has 1 aromatic rings. The summed E-state index contributed by atoms with van der Waals surface area (Å²) in [6, 6.07) is 0. The van der Waals surface area contributed by atoms with Crippen molar-refractivity contribution < 1.29 is 0 Å². The molecule has 0 aliphatic carbocycles. The number of nitrogens with zero attached hydrogens (tertiary/aromatic N) is 3. The number of hydrogen-bond donors (Lipinski definition) is 1. The van der Waals surface area contributed by atoms with Crippen molar-refractivity contribution in [1.82, 2.24) is 20.0 Å². The topological polar surface area (TPSA) is 33.1 Å². The molecule has 0 bridgehead atoms. The molecule has 0 amide bonds. The Labute approximate surface area is 137 Å². The highest BCUT2D eigenvalue weighted by molar-refractivity contribution is 9.10. The van der Waals surface area contributed by atoms with E-state index in [4.69, 9.17) is 0 Å². The molecular formula is C16H29BrN4. The summed E-state index contributed by atoms with van der Waals surface area (Å²) in [6.07, 6.45) is 2.61. The summed E-state index contributed by atoms with van der Waals surface area (Å²) in [5.41, 5.74) is 2.38. The van der Waals surface area contributed by atoms with Crippen LogP contribution in [0.15, 0.2) is 4.47 Å². The number of halogens is 1. The third-order valence-corrected chi connectivity index (χ3v) is 5.36. The van der Waals surface area contributed by atoms with Gasteiger partial charge in [-0.3, -0.25) is 9.58 Å². The van der Waals surface area contributed by atoms with Gasteiger partial charge in [0.25, 0.3) is 0 Å². The van der Waals surface area contributed by atoms with Crippen molar-refractivity contribution in [3.05, 3.63) is 15.9 Å². The highest BCUT2D eigenvalue weighted by Crippen LogP contribution is 2.24. The number of hydrogen-bond acceptors (Lipinski definition) is 3. The first-order chi connectivity index (χ1) is 9.97. The highest BCUT2D eigenvalue weighted by atomic mass is 79.9. The van der Waals surface area contributed by atoms with Crippen molar-refractivity contribution in [2.45, 2.75) is 40.2 Å². The van der Waals surface area contributed by atoms with E-state index in [2.05, 4.69) is 52.0 Å². The van der Waals surface area contributed by atoms with Crippen molar-refractivity contribution in [1.29, 1.82) is 0 Å². The van der Waals surface area contributed by atoms with Gasteiger partial charge in [-0.15, -0.1) is 0 Å². The molecule has 5 heteroatoms. The summed E-state index contributed by atoms with van der Waals surface area (Å²) >= 11 is 3.67. The van der Waals surface area contributed by atoms with Gasteiger partial charge in [-0.1, -0.05) is 13.8 Å². The van der Waals surface area contributed by atoms with Gasteiger partial charge in [0.2, 0.25) is 0 Å². The third-order valence-electron chi connectivity index (χ3n) is 4.33. The van der Waals surface area contributed by atoms with Crippen molar-refractivity contribution in [2.24, 2.45) is 18.9 Å². The van der Waals surface area contributed by atoms with Gasteiger partial charge in [0.05, 0.1) is 15.9 Å². The van der Waals surface area contributed by atoms with Crippen molar-refractivity contribution in [3.8, 4) is 0 Å². The van der Waals surface area contributed by atoms with E-state index >= 15 is 0 Å². The fraction of sp³-hybridized carbons (Fsp3) is 0.812. The Hall–Kier alpha value is -0.390. The Bertz CT molecular complexity index is 447. The van der Waals surface area contributed by atoms with Gasteiger partial charge in [-0.2, -0.15) is 5.10 Å². The van der Waals surface area contributed by atoms with Crippen LogP contribution in [0.3, 0.4) is 0 Å². The molecule has 1 aliphatic rings. The molecule has 2 rings (SSSR count). The Morgan fingerprint density at radius 2 is 2.00 bits per heavy atom. The van der Waals surface area contributed by atoms with E-state index in [0.29, 0.717) is 0 Å². The zero-order chi connectivity index (χ0) is 15.4. The minimum atomic E-state index is 0.746. The lowest BCUT2D eigenvalue weighted by molar-refractivity contribution is 0.171. The van der Waals surface area contributed by atoms with E-state index in [0.717, 1.165) is 30.6 Å². The maximum absolute atomic E-state index is 4.48. The first-order valence-electron chi connectivity index (χ1n) is 8.08. The minimum absolute atomic E-state index is 0.746. The van der Waals surface area contributed by atoms with Crippen LogP contribution < -0.4 is 5.32 Å². The van der Waals surface area contributed by atoms with Gasteiger partial charge in [0.15, 0.2) is 0 Å². The number of aryl methyl sites for hydroxylation is 2. The quantitative estimate of drug-likeness (QED) is 0.850. The van der Waals surface area contributed by atoms with E-state index in [1.54, 1.807) is 0 Å². The van der Waals surface area contributed by atoms with Crippen molar-refractivity contribution >= 4 is 15.9 Å². The SMILES string of the molecule is Cc1nn(C)c(CN2CCC(CNCC(C)C)CC2)c1Br. The standard InChI is InChI=1S/C16H29BrN4/c1-12(2)9-18-10-14-5-7-21(8-6-14)11-15-16(17)13(3)19-20(15)4/h12,14,18H,5-11H2,1-4H3. The van der Waals surface area contributed by atoms with Crippen molar-refractivity contribution in [2.75, 3.05) is 26.2 Å². The Balaban J connectivity index is 1.76. The Morgan fingerprint density at radius 1 is 1.33 bits per heavy atom. The molecule has 2 heterocycles. The second-order valence-corrected chi connectivity index (χ2v) is 7.53. The van der Waals surface area contributed by atoms with Gasteiger partial charge in [0.1, 0.15) is 0 Å². The second-order valence-electron chi connectivity index (χ2n) is 6.74. The van der Waals surface area contributed by atoms with E-state index in [1.807, 2.05) is 11.7 Å². The predicted octanol–water partition coefficient (Wildman–Crippen LogP) is 2.95. The minimum Gasteiger partial charge on any atom is -0.316 e. The smallest absolute Gasteiger partial charge is 0.0739 e. The van der Waals surface area contributed by atoms with Crippen LogP contribution in [0, 0.1) is 18.8 Å². The summed E-state index contributed by atoms with van der Waals surface area (Å²) in [5, 5.41) is 8.08. The number of nitrogens with one attached hydrogen (secondary N) is 1. The molecule has 21 heavy (non-hydrogen) atoms. The van der Waals surface area contributed by atoms with Crippen LogP contribution in [0.2, 0.25) is 0 Å². The molecule has 1 fully saturated rings. The molecule has 1 aromatic heterocycles. The summed E-state index contributed by atoms with van der Waals surface area (Å²) < 4.78 is 3.18. The molecule has 120 valence electrons. The van der Waals surface area contributed by atoms with Crippen LogP contribution in [-0.2, 0) is 13.6 Å². The molecule has 1 aliphatic heterocycles. The first-order valence-corrected chi connectivity index (χ1v) is 8.87. The van der Waals surface area contributed by atoms with E-state index in [-0.39, 0.29) is 0 Å². The third kappa shape index (κ3) is 4.80. The van der Waals surface area contributed by atoms with Crippen molar-refractivity contribution in [3.63, 3.8) is 0 Å². The van der Waals surface area contributed by atoms with E-state index in [1.165, 1.54) is 42.6 Å². The summed E-state index contributed by atoms with van der Waals surface area (Å²) in [4.78, 5) is 2.56. The molecular weight excluding hydrogens is 328 g/mol. The fourth-order valence-corrected chi connectivity index (χ4v) is 3.45. The van der Waals surface area contributed by atoms with Gasteiger partial charge in [0, 0.05) is 13.6 Å². The largest absolute Gasteiger partial charge is 0.316 e. The van der Waals surface area contributed by atoms with Crippen LogP contribution in [0.1, 0.15) is 38.1 Å².